The maximum Gasteiger partial charge on any atom is 0.242 e. The quantitative estimate of drug-likeness (QED) is 0.806. The summed E-state index contributed by atoms with van der Waals surface area (Å²) < 4.78 is 29.4. The molecule has 0 aromatic carbocycles. The van der Waals surface area contributed by atoms with Crippen LogP contribution < -0.4 is 4.72 Å². The van der Waals surface area contributed by atoms with E-state index >= 15 is 0 Å². The molecule has 116 valence electrons. The predicted molar refractivity (Wildman–Crippen MR) is 84.3 cm³/mol. The highest BCUT2D eigenvalue weighted by Gasteiger charge is 2.17. The maximum atomic E-state index is 12.2. The van der Waals surface area contributed by atoms with E-state index in [0.29, 0.717) is 29.5 Å². The summed E-state index contributed by atoms with van der Waals surface area (Å²) in [7, 11) is -3.56. The van der Waals surface area contributed by atoms with E-state index < -0.39 is 10.0 Å². The first-order chi connectivity index (χ1) is 9.96. The van der Waals surface area contributed by atoms with Crippen molar-refractivity contribution >= 4 is 33.0 Å². The van der Waals surface area contributed by atoms with E-state index in [1.807, 2.05) is 13.0 Å². The molecule has 0 saturated carbocycles. The van der Waals surface area contributed by atoms with Crippen LogP contribution >= 0.6 is 22.9 Å². The number of aliphatic hydroxyl groups excluding tert-OH is 1. The van der Waals surface area contributed by atoms with Crippen LogP contribution in [0, 0.1) is 0 Å². The first kappa shape index (κ1) is 16.5. The number of halogens is 1. The van der Waals surface area contributed by atoms with Crippen LogP contribution in [0.25, 0.3) is 0 Å². The molecule has 2 rings (SSSR count). The Morgan fingerprint density at radius 1 is 1.43 bits per heavy atom. The molecule has 0 fully saturated rings. The highest BCUT2D eigenvalue weighted by molar-refractivity contribution is 7.89. The number of rotatable bonds is 7. The molecule has 0 atom stereocenters. The highest BCUT2D eigenvalue weighted by atomic mass is 35.5. The molecule has 0 unspecified atom stereocenters. The zero-order valence-electron chi connectivity index (χ0n) is 11.5. The average molecular weight is 349 g/mol. The number of aryl methyl sites for hydroxylation is 1. The van der Waals surface area contributed by atoms with Crippen molar-refractivity contribution in [3.8, 4) is 0 Å². The largest absolute Gasteiger partial charge is 0.390 e. The van der Waals surface area contributed by atoms with Gasteiger partial charge in [-0.1, -0.05) is 11.6 Å². The summed E-state index contributed by atoms with van der Waals surface area (Å²) in [5.74, 6) is 0. The van der Waals surface area contributed by atoms with Crippen LogP contribution in [0.15, 0.2) is 29.3 Å². The summed E-state index contributed by atoms with van der Waals surface area (Å²) in [4.78, 5) is 1.21. The van der Waals surface area contributed by atoms with Gasteiger partial charge >= 0.3 is 0 Å². The third kappa shape index (κ3) is 4.08. The van der Waals surface area contributed by atoms with Crippen LogP contribution in [-0.4, -0.2) is 24.6 Å². The Balaban J connectivity index is 2.02. The number of aliphatic hydroxyl groups is 1. The molecule has 0 aliphatic rings. The molecule has 2 aromatic heterocycles. The topological polar surface area (TPSA) is 71.3 Å². The lowest BCUT2D eigenvalue weighted by molar-refractivity contribution is 0.271. The first-order valence-electron chi connectivity index (χ1n) is 6.50. The molecule has 0 aliphatic heterocycles. The highest BCUT2D eigenvalue weighted by Crippen LogP contribution is 2.21. The number of nitrogens with one attached hydrogen (secondary N) is 1. The Morgan fingerprint density at radius 3 is 2.71 bits per heavy atom. The van der Waals surface area contributed by atoms with E-state index in [1.165, 1.54) is 23.6 Å². The van der Waals surface area contributed by atoms with Crippen molar-refractivity contribution in [3.05, 3.63) is 39.3 Å². The zero-order chi connectivity index (χ0) is 15.5. The van der Waals surface area contributed by atoms with Crippen LogP contribution in [0.1, 0.15) is 17.5 Å². The summed E-state index contributed by atoms with van der Waals surface area (Å²) in [6.45, 7) is 2.63. The van der Waals surface area contributed by atoms with E-state index in [9.17, 15) is 13.5 Å². The standard InChI is InChI=1S/C13H17ClN2O3S2/c1-2-16-8-12(7-10(16)9-17)21(18,19)15-6-5-11-3-4-13(14)20-11/h3-4,7-8,15,17H,2,5-6,9H2,1H3. The fraction of sp³-hybridized carbons (Fsp3) is 0.385. The minimum Gasteiger partial charge on any atom is -0.390 e. The van der Waals surface area contributed by atoms with Gasteiger partial charge in [0.05, 0.1) is 15.8 Å². The van der Waals surface area contributed by atoms with Crippen LogP contribution in [0.5, 0.6) is 0 Å². The molecule has 0 saturated heterocycles. The maximum absolute atomic E-state index is 12.2. The Hall–Kier alpha value is -0.860. The smallest absolute Gasteiger partial charge is 0.242 e. The van der Waals surface area contributed by atoms with Gasteiger partial charge in [0.1, 0.15) is 0 Å². The molecule has 2 N–H and O–H groups in total. The van der Waals surface area contributed by atoms with Gasteiger partial charge in [0, 0.05) is 29.9 Å². The number of aromatic nitrogens is 1. The minimum absolute atomic E-state index is 0.178. The third-order valence-corrected chi connectivity index (χ3v) is 5.79. The van der Waals surface area contributed by atoms with Crippen molar-refractivity contribution < 1.29 is 13.5 Å². The van der Waals surface area contributed by atoms with Crippen LogP contribution in [0.2, 0.25) is 4.34 Å². The normalized spacial score (nSPS) is 12.0. The van der Waals surface area contributed by atoms with E-state index in [-0.39, 0.29) is 11.5 Å². The molecule has 2 aromatic rings. The lowest BCUT2D eigenvalue weighted by Gasteiger charge is -2.04. The third-order valence-electron chi connectivity index (χ3n) is 3.07. The summed E-state index contributed by atoms with van der Waals surface area (Å²) in [6.07, 6.45) is 2.13. The monoisotopic (exact) mass is 348 g/mol. The molecule has 0 aliphatic carbocycles. The van der Waals surface area contributed by atoms with E-state index in [1.54, 1.807) is 10.6 Å². The molecule has 0 bridgehead atoms. The van der Waals surface area contributed by atoms with Gasteiger partial charge in [-0.2, -0.15) is 0 Å². The summed E-state index contributed by atoms with van der Waals surface area (Å²) in [5.41, 5.74) is 0.586. The summed E-state index contributed by atoms with van der Waals surface area (Å²) in [5, 5.41) is 9.21. The van der Waals surface area contributed by atoms with Crippen molar-refractivity contribution in [2.45, 2.75) is 31.4 Å². The molecular formula is C13H17ClN2O3S2. The van der Waals surface area contributed by atoms with Crippen molar-refractivity contribution in [1.82, 2.24) is 9.29 Å². The van der Waals surface area contributed by atoms with Gasteiger partial charge in [-0.05, 0) is 31.5 Å². The molecule has 0 amide bonds. The van der Waals surface area contributed by atoms with Gasteiger partial charge in [0.15, 0.2) is 0 Å². The predicted octanol–water partition coefficient (Wildman–Crippen LogP) is 2.24. The zero-order valence-corrected chi connectivity index (χ0v) is 13.9. The Kier molecular flexibility index (Phi) is 5.45. The van der Waals surface area contributed by atoms with Gasteiger partial charge in [0.25, 0.3) is 0 Å². The molecular weight excluding hydrogens is 332 g/mol. The summed E-state index contributed by atoms with van der Waals surface area (Å²) >= 11 is 7.27. The Morgan fingerprint density at radius 2 is 2.19 bits per heavy atom. The van der Waals surface area contributed by atoms with E-state index in [0.717, 1.165) is 4.88 Å². The second kappa shape index (κ2) is 6.93. The van der Waals surface area contributed by atoms with Crippen LogP contribution in [0.4, 0.5) is 0 Å². The Labute approximate surface area is 133 Å². The van der Waals surface area contributed by atoms with Crippen molar-refractivity contribution in [2.24, 2.45) is 0 Å². The van der Waals surface area contributed by atoms with Crippen molar-refractivity contribution in [2.75, 3.05) is 6.54 Å². The molecule has 2 heterocycles. The molecule has 0 spiro atoms. The van der Waals surface area contributed by atoms with E-state index in [4.69, 9.17) is 11.6 Å². The van der Waals surface area contributed by atoms with Crippen molar-refractivity contribution in [3.63, 3.8) is 0 Å². The fourth-order valence-electron chi connectivity index (χ4n) is 1.98. The number of nitrogens with zero attached hydrogens (tertiary/aromatic N) is 1. The van der Waals surface area contributed by atoms with Gasteiger partial charge in [0.2, 0.25) is 10.0 Å². The lowest BCUT2D eigenvalue weighted by Crippen LogP contribution is -2.25. The van der Waals surface area contributed by atoms with Crippen LogP contribution in [0.3, 0.4) is 0 Å². The molecule has 5 nitrogen and oxygen atoms in total. The molecule has 8 heteroatoms. The van der Waals surface area contributed by atoms with Crippen molar-refractivity contribution in [1.29, 1.82) is 0 Å². The number of hydrogen-bond acceptors (Lipinski definition) is 4. The number of hydrogen-bond donors (Lipinski definition) is 2. The number of sulfonamides is 1. The fourth-order valence-corrected chi connectivity index (χ4v) is 4.16. The lowest BCUT2D eigenvalue weighted by atomic mass is 10.3. The Bertz CT molecular complexity index is 685. The molecule has 21 heavy (non-hydrogen) atoms. The second-order valence-electron chi connectivity index (χ2n) is 4.46. The number of thiophene rings is 1. The second-order valence-corrected chi connectivity index (χ2v) is 8.03. The van der Waals surface area contributed by atoms with Gasteiger partial charge in [-0.15, -0.1) is 11.3 Å². The van der Waals surface area contributed by atoms with Gasteiger partial charge in [-0.3, -0.25) is 0 Å². The van der Waals surface area contributed by atoms with E-state index in [2.05, 4.69) is 4.72 Å². The average Bonchev–Trinajstić information content (AvgIpc) is 3.04. The molecule has 0 radical (unpaired) electrons. The SMILES string of the molecule is CCn1cc(S(=O)(=O)NCCc2ccc(Cl)s2)cc1CO. The van der Waals surface area contributed by atoms with Gasteiger partial charge < -0.3 is 9.67 Å². The minimum atomic E-state index is -3.56. The summed E-state index contributed by atoms with van der Waals surface area (Å²) in [6, 6.07) is 5.18. The van der Waals surface area contributed by atoms with Gasteiger partial charge in [-0.25, -0.2) is 13.1 Å². The first-order valence-corrected chi connectivity index (χ1v) is 9.18. The van der Waals surface area contributed by atoms with Crippen LogP contribution in [-0.2, 0) is 29.6 Å².